The Morgan fingerprint density at radius 1 is 1.39 bits per heavy atom. The van der Waals surface area contributed by atoms with Crippen LogP contribution in [0.25, 0.3) is 0 Å². The van der Waals surface area contributed by atoms with Gasteiger partial charge >= 0.3 is 5.97 Å². The molecule has 2 aromatic rings. The van der Waals surface area contributed by atoms with Gasteiger partial charge in [0.05, 0.1) is 5.56 Å². The molecule has 1 heterocycles. The maximum atomic E-state index is 11.8. The fourth-order valence-electron chi connectivity index (χ4n) is 1.42. The Balaban J connectivity index is 2.06. The quantitative estimate of drug-likeness (QED) is 0.682. The summed E-state index contributed by atoms with van der Waals surface area (Å²) in [6.07, 6.45) is 3.29. The molecule has 0 aliphatic heterocycles. The predicted molar refractivity (Wildman–Crippen MR) is 69.2 cm³/mol. The van der Waals surface area contributed by atoms with E-state index in [4.69, 9.17) is 22.1 Å². The second-order valence-electron chi connectivity index (χ2n) is 3.67. The fraction of sp³-hybridized carbons (Fsp3) is 0.0769. The topological polar surface area (TPSA) is 65.2 Å². The molecule has 0 atom stereocenters. The van der Waals surface area contributed by atoms with Crippen LogP contribution in [0.3, 0.4) is 0 Å². The van der Waals surface area contributed by atoms with Crippen molar-refractivity contribution in [3.8, 4) is 0 Å². The highest BCUT2D eigenvalue weighted by Gasteiger charge is 2.11. The number of rotatable bonds is 3. The molecule has 5 heteroatoms. The van der Waals surface area contributed by atoms with Gasteiger partial charge in [0, 0.05) is 28.7 Å². The normalized spacial score (nSPS) is 10.1. The molecular weight excluding hydrogens is 252 g/mol. The van der Waals surface area contributed by atoms with Crippen molar-refractivity contribution in [2.24, 2.45) is 0 Å². The number of ether oxygens (including phenoxy) is 1. The number of esters is 1. The third-order valence-electron chi connectivity index (χ3n) is 2.33. The molecule has 2 N–H and O–H groups in total. The van der Waals surface area contributed by atoms with E-state index in [1.54, 1.807) is 30.6 Å². The van der Waals surface area contributed by atoms with Crippen LogP contribution in [0.2, 0.25) is 5.02 Å². The molecule has 0 amide bonds. The van der Waals surface area contributed by atoms with Crippen LogP contribution in [0.1, 0.15) is 15.9 Å². The van der Waals surface area contributed by atoms with Gasteiger partial charge in [-0.1, -0.05) is 17.7 Å². The van der Waals surface area contributed by atoms with E-state index >= 15 is 0 Å². The van der Waals surface area contributed by atoms with Crippen molar-refractivity contribution in [2.45, 2.75) is 6.61 Å². The van der Waals surface area contributed by atoms with Gasteiger partial charge in [0.25, 0.3) is 0 Å². The lowest BCUT2D eigenvalue weighted by atomic mass is 10.2. The van der Waals surface area contributed by atoms with Crippen LogP contribution in [-0.4, -0.2) is 11.0 Å². The van der Waals surface area contributed by atoms with E-state index in [1.165, 1.54) is 6.07 Å². The number of nitrogens with zero attached hydrogens (tertiary/aromatic N) is 1. The van der Waals surface area contributed by atoms with Gasteiger partial charge in [0.2, 0.25) is 0 Å². The molecule has 0 fully saturated rings. The minimum Gasteiger partial charge on any atom is -0.457 e. The molecule has 1 aromatic heterocycles. The number of hydrogen-bond acceptors (Lipinski definition) is 4. The standard InChI is InChI=1S/C13H11ClN2O2/c14-10-3-4-12(15)11(6-10)13(17)18-8-9-2-1-5-16-7-9/h1-7H,8,15H2. The summed E-state index contributed by atoms with van der Waals surface area (Å²) in [5.74, 6) is -0.501. The van der Waals surface area contributed by atoms with Crippen LogP contribution in [0.5, 0.6) is 0 Å². The number of pyridine rings is 1. The molecule has 0 aliphatic rings. The highest BCUT2D eigenvalue weighted by atomic mass is 35.5. The Morgan fingerprint density at radius 2 is 2.22 bits per heavy atom. The van der Waals surface area contributed by atoms with Gasteiger partial charge in [-0.05, 0) is 24.3 Å². The molecule has 18 heavy (non-hydrogen) atoms. The number of halogens is 1. The number of nitrogen functional groups attached to an aromatic ring is 1. The summed E-state index contributed by atoms with van der Waals surface area (Å²) in [7, 11) is 0. The zero-order valence-corrected chi connectivity index (χ0v) is 10.2. The second-order valence-corrected chi connectivity index (χ2v) is 4.11. The maximum absolute atomic E-state index is 11.8. The Hall–Kier alpha value is -2.07. The number of carbonyl (C=O) groups excluding carboxylic acids is 1. The van der Waals surface area contributed by atoms with Crippen LogP contribution in [-0.2, 0) is 11.3 Å². The van der Waals surface area contributed by atoms with E-state index in [1.807, 2.05) is 6.07 Å². The van der Waals surface area contributed by atoms with Gasteiger partial charge in [0.15, 0.2) is 0 Å². The number of benzene rings is 1. The summed E-state index contributed by atoms with van der Waals surface area (Å²) in [6, 6.07) is 8.28. The number of carbonyl (C=O) groups is 1. The number of hydrogen-bond donors (Lipinski definition) is 1. The van der Waals surface area contributed by atoms with Crippen molar-refractivity contribution in [1.29, 1.82) is 0 Å². The molecule has 1 aromatic carbocycles. The van der Waals surface area contributed by atoms with Crippen molar-refractivity contribution in [3.63, 3.8) is 0 Å². The summed E-state index contributed by atoms with van der Waals surface area (Å²) < 4.78 is 5.13. The Bertz CT molecular complexity index is 558. The molecule has 0 bridgehead atoms. The first-order valence-electron chi connectivity index (χ1n) is 5.28. The first-order chi connectivity index (χ1) is 8.66. The lowest BCUT2D eigenvalue weighted by Gasteiger charge is -2.07. The van der Waals surface area contributed by atoms with Gasteiger partial charge in [-0.25, -0.2) is 4.79 Å². The van der Waals surface area contributed by atoms with Crippen LogP contribution in [0.15, 0.2) is 42.7 Å². The van der Waals surface area contributed by atoms with Crippen molar-refractivity contribution in [1.82, 2.24) is 4.98 Å². The SMILES string of the molecule is Nc1ccc(Cl)cc1C(=O)OCc1cccnc1. The molecule has 0 saturated carbocycles. The lowest BCUT2D eigenvalue weighted by molar-refractivity contribution is 0.0473. The summed E-state index contributed by atoms with van der Waals surface area (Å²) in [5.41, 5.74) is 7.11. The molecule has 0 saturated heterocycles. The number of anilines is 1. The zero-order valence-electron chi connectivity index (χ0n) is 9.47. The van der Waals surface area contributed by atoms with Crippen LogP contribution < -0.4 is 5.73 Å². The van der Waals surface area contributed by atoms with Crippen molar-refractivity contribution < 1.29 is 9.53 Å². The van der Waals surface area contributed by atoms with Gasteiger partial charge < -0.3 is 10.5 Å². The summed E-state index contributed by atoms with van der Waals surface area (Å²) in [6.45, 7) is 0.151. The minimum absolute atomic E-state index is 0.151. The fourth-order valence-corrected chi connectivity index (χ4v) is 1.59. The highest BCUT2D eigenvalue weighted by Crippen LogP contribution is 2.19. The average Bonchev–Trinajstić information content (AvgIpc) is 2.40. The molecular formula is C13H11ClN2O2. The number of nitrogens with two attached hydrogens (primary N) is 1. The first-order valence-corrected chi connectivity index (χ1v) is 5.65. The van der Waals surface area contributed by atoms with E-state index in [0.717, 1.165) is 5.56 Å². The van der Waals surface area contributed by atoms with Crippen molar-refractivity contribution in [3.05, 3.63) is 58.9 Å². The second kappa shape index (κ2) is 5.51. The monoisotopic (exact) mass is 262 g/mol. The summed E-state index contributed by atoms with van der Waals surface area (Å²) >= 11 is 5.80. The minimum atomic E-state index is -0.501. The average molecular weight is 263 g/mol. The molecule has 2 rings (SSSR count). The summed E-state index contributed by atoms with van der Waals surface area (Å²) in [4.78, 5) is 15.7. The predicted octanol–water partition coefficient (Wildman–Crippen LogP) is 2.67. The van der Waals surface area contributed by atoms with E-state index in [0.29, 0.717) is 10.7 Å². The first kappa shape index (κ1) is 12.4. The molecule has 0 unspecified atom stereocenters. The largest absolute Gasteiger partial charge is 0.457 e. The van der Waals surface area contributed by atoms with Gasteiger partial charge in [-0.15, -0.1) is 0 Å². The van der Waals surface area contributed by atoms with Gasteiger partial charge in [-0.2, -0.15) is 0 Å². The van der Waals surface area contributed by atoms with Gasteiger partial charge in [0.1, 0.15) is 6.61 Å². The van der Waals surface area contributed by atoms with Crippen LogP contribution in [0, 0.1) is 0 Å². The maximum Gasteiger partial charge on any atom is 0.340 e. The van der Waals surface area contributed by atoms with Crippen molar-refractivity contribution >= 4 is 23.3 Å². The lowest BCUT2D eigenvalue weighted by Crippen LogP contribution is -2.08. The van der Waals surface area contributed by atoms with Gasteiger partial charge in [-0.3, -0.25) is 4.98 Å². The van der Waals surface area contributed by atoms with E-state index in [-0.39, 0.29) is 12.2 Å². The molecule has 0 aliphatic carbocycles. The van der Waals surface area contributed by atoms with E-state index < -0.39 is 5.97 Å². The molecule has 4 nitrogen and oxygen atoms in total. The Morgan fingerprint density at radius 3 is 2.94 bits per heavy atom. The van der Waals surface area contributed by atoms with Crippen LogP contribution in [0.4, 0.5) is 5.69 Å². The number of aromatic nitrogens is 1. The molecule has 0 radical (unpaired) electrons. The summed E-state index contributed by atoms with van der Waals surface area (Å²) in [5, 5.41) is 0.442. The Labute approximate surface area is 109 Å². The Kier molecular flexibility index (Phi) is 3.79. The van der Waals surface area contributed by atoms with Crippen LogP contribution >= 0.6 is 11.6 Å². The molecule has 92 valence electrons. The van der Waals surface area contributed by atoms with E-state index in [9.17, 15) is 4.79 Å². The smallest absolute Gasteiger partial charge is 0.340 e. The third kappa shape index (κ3) is 2.99. The van der Waals surface area contributed by atoms with Crippen molar-refractivity contribution in [2.75, 3.05) is 5.73 Å². The molecule has 0 spiro atoms. The highest BCUT2D eigenvalue weighted by molar-refractivity contribution is 6.31. The third-order valence-corrected chi connectivity index (χ3v) is 2.56. The van der Waals surface area contributed by atoms with E-state index in [2.05, 4.69) is 4.98 Å². The zero-order chi connectivity index (χ0) is 13.0.